The zero-order valence-corrected chi connectivity index (χ0v) is 10.2. The summed E-state index contributed by atoms with van der Waals surface area (Å²) >= 11 is 0. The fourth-order valence-electron chi connectivity index (χ4n) is 1.44. The smallest absolute Gasteiger partial charge is 0.0719 e. The van der Waals surface area contributed by atoms with Crippen LogP contribution in [0.3, 0.4) is 0 Å². The molecule has 2 heteroatoms. The molecule has 1 aromatic rings. The molecule has 0 bridgehead atoms. The number of rotatable bonds is 7. The highest BCUT2D eigenvalue weighted by atomic mass is 16.5. The summed E-state index contributed by atoms with van der Waals surface area (Å²) in [6, 6.07) is 8.70. The largest absolute Gasteiger partial charge is 0.377 e. The maximum atomic E-state index is 5.45. The van der Waals surface area contributed by atoms with E-state index in [2.05, 4.69) is 43.1 Å². The molecule has 0 amide bonds. The van der Waals surface area contributed by atoms with Gasteiger partial charge in [0.15, 0.2) is 0 Å². The predicted octanol–water partition coefficient (Wildman–Crippen LogP) is 2.89. The molecule has 0 heterocycles. The molecule has 0 aliphatic heterocycles. The van der Waals surface area contributed by atoms with Crippen molar-refractivity contribution in [2.24, 2.45) is 0 Å². The minimum absolute atomic E-state index is 0.333. The van der Waals surface area contributed by atoms with E-state index in [-0.39, 0.29) is 0 Å². The lowest BCUT2D eigenvalue weighted by atomic mass is 10.1. The third-order valence-corrected chi connectivity index (χ3v) is 2.55. The molecule has 0 saturated carbocycles. The average Bonchev–Trinajstić information content (AvgIpc) is 2.34. The highest BCUT2D eigenvalue weighted by molar-refractivity contribution is 5.26. The van der Waals surface area contributed by atoms with E-state index in [0.717, 1.165) is 13.2 Å². The minimum atomic E-state index is 0.333. The van der Waals surface area contributed by atoms with Crippen molar-refractivity contribution >= 4 is 0 Å². The highest BCUT2D eigenvalue weighted by Crippen LogP contribution is 2.10. The van der Waals surface area contributed by atoms with E-state index in [0.29, 0.717) is 12.6 Å². The maximum Gasteiger partial charge on any atom is 0.0719 e. The molecular formula is C14H21NO. The van der Waals surface area contributed by atoms with Gasteiger partial charge < -0.3 is 10.1 Å². The predicted molar refractivity (Wildman–Crippen MR) is 68.3 cm³/mol. The Bertz CT molecular complexity index is 322. The quantitative estimate of drug-likeness (QED) is 0.712. The van der Waals surface area contributed by atoms with Gasteiger partial charge >= 0.3 is 0 Å². The Kier molecular flexibility index (Phi) is 5.83. The lowest BCUT2D eigenvalue weighted by molar-refractivity contribution is 0.133. The van der Waals surface area contributed by atoms with Crippen LogP contribution in [0, 0.1) is 0 Å². The van der Waals surface area contributed by atoms with E-state index in [4.69, 9.17) is 4.74 Å². The van der Waals surface area contributed by atoms with Gasteiger partial charge in [-0.05, 0) is 25.0 Å². The second-order valence-electron chi connectivity index (χ2n) is 3.81. The molecule has 0 radical (unpaired) electrons. The summed E-state index contributed by atoms with van der Waals surface area (Å²) in [7, 11) is 0. The Morgan fingerprint density at radius 2 is 2.06 bits per heavy atom. The average molecular weight is 219 g/mol. The Morgan fingerprint density at radius 3 is 2.69 bits per heavy atom. The molecule has 0 aliphatic rings. The van der Waals surface area contributed by atoms with Gasteiger partial charge in [0, 0.05) is 19.2 Å². The second kappa shape index (κ2) is 7.20. The summed E-state index contributed by atoms with van der Waals surface area (Å²) < 4.78 is 5.45. The van der Waals surface area contributed by atoms with Crippen LogP contribution < -0.4 is 5.32 Å². The fraction of sp³-hybridized carbons (Fsp3) is 0.429. The van der Waals surface area contributed by atoms with Crippen molar-refractivity contribution in [3.63, 3.8) is 0 Å². The van der Waals surface area contributed by atoms with Crippen molar-refractivity contribution in [1.82, 2.24) is 5.32 Å². The number of hydrogen-bond donors (Lipinski definition) is 1. The maximum absolute atomic E-state index is 5.45. The van der Waals surface area contributed by atoms with Crippen molar-refractivity contribution in [3.05, 3.63) is 48.0 Å². The fourth-order valence-corrected chi connectivity index (χ4v) is 1.44. The Labute approximate surface area is 98.3 Å². The van der Waals surface area contributed by atoms with Crippen LogP contribution in [0.4, 0.5) is 0 Å². The van der Waals surface area contributed by atoms with E-state index < -0.39 is 0 Å². The molecule has 0 aromatic heterocycles. The molecule has 1 atom stereocenters. The summed E-state index contributed by atoms with van der Waals surface area (Å²) in [6.07, 6.45) is 1.91. The summed E-state index contributed by atoms with van der Waals surface area (Å²) in [6.45, 7) is 10.2. The van der Waals surface area contributed by atoms with Gasteiger partial charge in [-0.3, -0.25) is 0 Å². The third-order valence-electron chi connectivity index (χ3n) is 2.55. The summed E-state index contributed by atoms with van der Waals surface area (Å²) in [5.74, 6) is 0. The first-order chi connectivity index (χ1) is 7.77. The van der Waals surface area contributed by atoms with Crippen molar-refractivity contribution in [2.75, 3.05) is 6.61 Å². The van der Waals surface area contributed by atoms with Gasteiger partial charge in [0.1, 0.15) is 0 Å². The Morgan fingerprint density at radius 1 is 1.38 bits per heavy atom. The molecule has 16 heavy (non-hydrogen) atoms. The monoisotopic (exact) mass is 219 g/mol. The van der Waals surface area contributed by atoms with Crippen molar-refractivity contribution in [2.45, 2.75) is 33.0 Å². The topological polar surface area (TPSA) is 21.3 Å². The van der Waals surface area contributed by atoms with Gasteiger partial charge in [0.2, 0.25) is 0 Å². The molecule has 0 spiro atoms. The summed E-state index contributed by atoms with van der Waals surface area (Å²) in [5, 5.41) is 3.39. The number of nitrogens with one attached hydrogen (secondary N) is 1. The number of ether oxygens (including phenoxy) is 1. The lowest BCUT2D eigenvalue weighted by Crippen LogP contribution is -2.23. The molecule has 0 saturated heterocycles. The van der Waals surface area contributed by atoms with Crippen LogP contribution >= 0.6 is 0 Å². The van der Waals surface area contributed by atoms with Crippen LogP contribution in [0.2, 0.25) is 0 Å². The standard InChI is InChI=1S/C14H21NO/c1-4-12(3)15-10-13-8-6-7-9-14(13)11-16-5-2/h4,6-9,12,15H,1,5,10-11H2,2-3H3. The van der Waals surface area contributed by atoms with Crippen LogP contribution in [0.5, 0.6) is 0 Å². The number of benzene rings is 1. The Hall–Kier alpha value is -1.12. The van der Waals surface area contributed by atoms with Crippen molar-refractivity contribution in [3.8, 4) is 0 Å². The SMILES string of the molecule is C=CC(C)NCc1ccccc1COCC. The molecule has 1 rings (SSSR count). The second-order valence-corrected chi connectivity index (χ2v) is 3.81. The van der Waals surface area contributed by atoms with Gasteiger partial charge in [-0.25, -0.2) is 0 Å². The van der Waals surface area contributed by atoms with Crippen LogP contribution in [0.1, 0.15) is 25.0 Å². The molecule has 2 nitrogen and oxygen atoms in total. The van der Waals surface area contributed by atoms with Gasteiger partial charge in [0.05, 0.1) is 6.61 Å². The zero-order valence-electron chi connectivity index (χ0n) is 10.2. The molecule has 88 valence electrons. The van der Waals surface area contributed by atoms with Gasteiger partial charge in [0.25, 0.3) is 0 Å². The van der Waals surface area contributed by atoms with E-state index in [1.54, 1.807) is 0 Å². The van der Waals surface area contributed by atoms with Crippen LogP contribution in [0.15, 0.2) is 36.9 Å². The third kappa shape index (κ3) is 4.17. The molecule has 1 unspecified atom stereocenters. The Balaban J connectivity index is 2.59. The van der Waals surface area contributed by atoms with E-state index in [1.807, 2.05) is 13.0 Å². The van der Waals surface area contributed by atoms with E-state index in [9.17, 15) is 0 Å². The number of hydrogen-bond acceptors (Lipinski definition) is 2. The molecule has 1 N–H and O–H groups in total. The molecule has 1 aromatic carbocycles. The lowest BCUT2D eigenvalue weighted by Gasteiger charge is -2.12. The first-order valence-electron chi connectivity index (χ1n) is 5.78. The van der Waals surface area contributed by atoms with Crippen molar-refractivity contribution < 1.29 is 4.74 Å². The molecule has 0 fully saturated rings. The van der Waals surface area contributed by atoms with Crippen LogP contribution in [0.25, 0.3) is 0 Å². The minimum Gasteiger partial charge on any atom is -0.377 e. The summed E-state index contributed by atoms with van der Waals surface area (Å²) in [4.78, 5) is 0. The van der Waals surface area contributed by atoms with Crippen LogP contribution in [-0.4, -0.2) is 12.6 Å². The van der Waals surface area contributed by atoms with Gasteiger partial charge in [-0.15, -0.1) is 6.58 Å². The van der Waals surface area contributed by atoms with E-state index >= 15 is 0 Å². The van der Waals surface area contributed by atoms with Gasteiger partial charge in [-0.2, -0.15) is 0 Å². The van der Waals surface area contributed by atoms with Gasteiger partial charge in [-0.1, -0.05) is 30.3 Å². The zero-order chi connectivity index (χ0) is 11.8. The molecular weight excluding hydrogens is 198 g/mol. The first-order valence-corrected chi connectivity index (χ1v) is 5.78. The normalized spacial score (nSPS) is 12.4. The first kappa shape index (κ1) is 12.9. The van der Waals surface area contributed by atoms with Crippen LogP contribution in [-0.2, 0) is 17.9 Å². The summed E-state index contributed by atoms with van der Waals surface area (Å²) in [5.41, 5.74) is 2.55. The van der Waals surface area contributed by atoms with Crippen molar-refractivity contribution in [1.29, 1.82) is 0 Å². The van der Waals surface area contributed by atoms with E-state index in [1.165, 1.54) is 11.1 Å². The highest BCUT2D eigenvalue weighted by Gasteiger charge is 2.02. The molecule has 0 aliphatic carbocycles.